The normalized spacial score (nSPS) is 18.2. The zero-order chi connectivity index (χ0) is 14.5. The molecule has 1 atom stereocenters. The lowest BCUT2D eigenvalue weighted by Crippen LogP contribution is -2.47. The summed E-state index contributed by atoms with van der Waals surface area (Å²) in [4.78, 5) is 4.11. The number of aromatic amines is 1. The van der Waals surface area contributed by atoms with Crippen molar-refractivity contribution in [3.8, 4) is 0 Å². The van der Waals surface area contributed by atoms with Crippen LogP contribution in [0, 0.1) is 0 Å². The van der Waals surface area contributed by atoms with Crippen LogP contribution in [0.1, 0.15) is 11.3 Å². The minimum Gasteiger partial charge on any atom is -0.370 e. The molecule has 0 aliphatic carbocycles. The number of aromatic nitrogens is 1. The highest BCUT2D eigenvalue weighted by Crippen LogP contribution is 2.32. The van der Waals surface area contributed by atoms with Crippen molar-refractivity contribution >= 4 is 22.5 Å². The van der Waals surface area contributed by atoms with Gasteiger partial charge in [0.05, 0.1) is 0 Å². The number of hydrogen-bond acceptors (Lipinski definition) is 2. The Morgan fingerprint density at radius 1 is 1.35 bits per heavy atom. The van der Waals surface area contributed by atoms with E-state index in [-0.39, 0.29) is 13.1 Å². The van der Waals surface area contributed by atoms with E-state index >= 15 is 0 Å². The van der Waals surface area contributed by atoms with Crippen molar-refractivity contribution in [3.05, 3.63) is 34.5 Å². The van der Waals surface area contributed by atoms with Gasteiger partial charge < -0.3 is 10.1 Å². The molecule has 20 heavy (non-hydrogen) atoms. The van der Waals surface area contributed by atoms with Crippen LogP contribution in [0.15, 0.2) is 18.2 Å². The van der Waals surface area contributed by atoms with Crippen LogP contribution in [0.3, 0.4) is 0 Å². The molecule has 0 saturated heterocycles. The van der Waals surface area contributed by atoms with E-state index in [4.69, 9.17) is 11.6 Å². The zero-order valence-electron chi connectivity index (χ0n) is 10.3. The highest BCUT2D eigenvalue weighted by atomic mass is 35.5. The van der Waals surface area contributed by atoms with Gasteiger partial charge in [-0.1, -0.05) is 11.6 Å². The molecule has 1 aromatic carbocycles. The van der Waals surface area contributed by atoms with Crippen molar-refractivity contribution in [2.24, 2.45) is 0 Å². The number of benzene rings is 1. The average Bonchev–Trinajstić information content (AvgIpc) is 2.73. The van der Waals surface area contributed by atoms with E-state index in [1.807, 2.05) is 6.07 Å². The molecule has 0 radical (unpaired) electrons. The molecule has 7 heteroatoms. The van der Waals surface area contributed by atoms with Crippen molar-refractivity contribution in [2.45, 2.75) is 25.4 Å². The summed E-state index contributed by atoms with van der Waals surface area (Å²) in [5.74, 6) is 0. The van der Waals surface area contributed by atoms with E-state index in [9.17, 15) is 18.3 Å². The SMILES string of the molecule is OC(N1CCc2c([nH]c3ccc(Cl)cc23)C1)C(F)(F)F. The van der Waals surface area contributed by atoms with Crippen molar-refractivity contribution < 1.29 is 18.3 Å². The molecule has 0 spiro atoms. The average molecular weight is 305 g/mol. The third kappa shape index (κ3) is 2.28. The maximum Gasteiger partial charge on any atom is 0.428 e. The van der Waals surface area contributed by atoms with Gasteiger partial charge in [-0.05, 0) is 30.2 Å². The topological polar surface area (TPSA) is 39.3 Å². The van der Waals surface area contributed by atoms with Crippen LogP contribution in [0.2, 0.25) is 5.02 Å². The van der Waals surface area contributed by atoms with E-state index in [0.717, 1.165) is 21.4 Å². The van der Waals surface area contributed by atoms with Crippen molar-refractivity contribution in [1.29, 1.82) is 0 Å². The number of alkyl halides is 3. The summed E-state index contributed by atoms with van der Waals surface area (Å²) < 4.78 is 37.6. The van der Waals surface area contributed by atoms with Gasteiger partial charge >= 0.3 is 6.18 Å². The Balaban J connectivity index is 1.94. The molecule has 3 rings (SSSR count). The molecule has 2 aromatic rings. The molecule has 2 N–H and O–H groups in total. The van der Waals surface area contributed by atoms with Crippen LogP contribution in [0.4, 0.5) is 13.2 Å². The third-order valence-corrected chi connectivity index (χ3v) is 3.84. The molecule has 2 heterocycles. The maximum absolute atomic E-state index is 12.5. The second-order valence-electron chi connectivity index (χ2n) is 4.91. The molecule has 0 amide bonds. The van der Waals surface area contributed by atoms with Crippen molar-refractivity contribution in [2.75, 3.05) is 6.54 Å². The standard InChI is InChI=1S/C13H12ClF3N2O/c14-7-1-2-10-9(5-7)8-3-4-19(6-11(8)18-10)12(20)13(15,16)17/h1-2,5,12,18,20H,3-4,6H2. The zero-order valence-corrected chi connectivity index (χ0v) is 11.1. The lowest BCUT2D eigenvalue weighted by molar-refractivity contribution is -0.252. The Morgan fingerprint density at radius 2 is 2.10 bits per heavy atom. The Morgan fingerprint density at radius 3 is 2.80 bits per heavy atom. The van der Waals surface area contributed by atoms with Gasteiger partial charge in [-0.25, -0.2) is 0 Å². The van der Waals surface area contributed by atoms with Gasteiger partial charge in [0.15, 0.2) is 0 Å². The van der Waals surface area contributed by atoms with Crippen molar-refractivity contribution in [3.63, 3.8) is 0 Å². The first kappa shape index (κ1) is 13.7. The number of aliphatic hydroxyl groups excluding tert-OH is 1. The molecule has 0 fully saturated rings. The van der Waals surface area contributed by atoms with Crippen LogP contribution in [0.5, 0.6) is 0 Å². The molecular weight excluding hydrogens is 293 g/mol. The number of aliphatic hydroxyl groups is 1. The number of fused-ring (bicyclic) bond motifs is 3. The fourth-order valence-electron chi connectivity index (χ4n) is 2.65. The first-order valence-corrected chi connectivity index (χ1v) is 6.52. The minimum absolute atomic E-state index is 0.0440. The summed E-state index contributed by atoms with van der Waals surface area (Å²) in [6.07, 6.45) is -6.61. The van der Waals surface area contributed by atoms with E-state index < -0.39 is 12.4 Å². The quantitative estimate of drug-likeness (QED) is 0.850. The first-order chi connectivity index (χ1) is 9.36. The van der Waals surface area contributed by atoms with Gasteiger partial charge in [0.2, 0.25) is 6.23 Å². The predicted octanol–water partition coefficient (Wildman–Crippen LogP) is 3.06. The van der Waals surface area contributed by atoms with Gasteiger partial charge in [0.1, 0.15) is 0 Å². The fraction of sp³-hybridized carbons (Fsp3) is 0.385. The van der Waals surface area contributed by atoms with Gasteiger partial charge in [0.25, 0.3) is 0 Å². The summed E-state index contributed by atoms with van der Waals surface area (Å²) >= 11 is 5.94. The van der Waals surface area contributed by atoms with Gasteiger partial charge in [0, 0.05) is 34.7 Å². The fourth-order valence-corrected chi connectivity index (χ4v) is 2.82. The highest BCUT2D eigenvalue weighted by molar-refractivity contribution is 6.31. The molecule has 1 aliphatic heterocycles. The predicted molar refractivity (Wildman–Crippen MR) is 69.5 cm³/mol. The number of rotatable bonds is 1. The lowest BCUT2D eigenvalue weighted by atomic mass is 10.0. The number of halogens is 4. The van der Waals surface area contributed by atoms with Gasteiger partial charge in [-0.3, -0.25) is 4.90 Å². The molecule has 1 unspecified atom stereocenters. The Bertz CT molecular complexity index is 653. The molecule has 3 nitrogen and oxygen atoms in total. The van der Waals surface area contributed by atoms with Crippen LogP contribution in [-0.4, -0.2) is 33.9 Å². The highest BCUT2D eigenvalue weighted by Gasteiger charge is 2.43. The van der Waals surface area contributed by atoms with Crippen LogP contribution in [0.25, 0.3) is 10.9 Å². The Labute approximate surface area is 117 Å². The van der Waals surface area contributed by atoms with Crippen LogP contribution >= 0.6 is 11.6 Å². The van der Waals surface area contributed by atoms with Crippen LogP contribution < -0.4 is 0 Å². The van der Waals surface area contributed by atoms with E-state index in [1.165, 1.54) is 0 Å². The molecule has 0 bridgehead atoms. The summed E-state index contributed by atoms with van der Waals surface area (Å²) in [6, 6.07) is 5.34. The summed E-state index contributed by atoms with van der Waals surface area (Å²) in [7, 11) is 0. The minimum atomic E-state index is -4.63. The number of nitrogens with zero attached hydrogens (tertiary/aromatic N) is 1. The van der Waals surface area contributed by atoms with Crippen molar-refractivity contribution in [1.82, 2.24) is 9.88 Å². The van der Waals surface area contributed by atoms with E-state index in [1.54, 1.807) is 12.1 Å². The molecular formula is C13H12ClF3N2O. The third-order valence-electron chi connectivity index (χ3n) is 3.61. The second-order valence-corrected chi connectivity index (χ2v) is 5.34. The molecule has 108 valence electrons. The largest absolute Gasteiger partial charge is 0.428 e. The van der Waals surface area contributed by atoms with Gasteiger partial charge in [-0.2, -0.15) is 13.2 Å². The summed E-state index contributed by atoms with van der Waals surface area (Å²) in [5, 5.41) is 10.9. The summed E-state index contributed by atoms with van der Waals surface area (Å²) in [6.45, 7) is 0.204. The molecule has 1 aromatic heterocycles. The maximum atomic E-state index is 12.5. The first-order valence-electron chi connectivity index (χ1n) is 6.14. The Hall–Kier alpha value is -1.24. The molecule has 1 aliphatic rings. The number of hydrogen-bond donors (Lipinski definition) is 2. The number of nitrogens with one attached hydrogen (secondary N) is 1. The van der Waals surface area contributed by atoms with Gasteiger partial charge in [-0.15, -0.1) is 0 Å². The monoisotopic (exact) mass is 304 g/mol. The summed E-state index contributed by atoms with van der Waals surface area (Å²) in [5.41, 5.74) is 2.53. The van der Waals surface area contributed by atoms with E-state index in [0.29, 0.717) is 17.1 Å². The number of H-pyrrole nitrogens is 1. The lowest BCUT2D eigenvalue weighted by Gasteiger charge is -2.32. The smallest absolute Gasteiger partial charge is 0.370 e. The van der Waals surface area contributed by atoms with Crippen LogP contribution in [-0.2, 0) is 13.0 Å². The second kappa shape index (κ2) is 4.65. The van der Waals surface area contributed by atoms with E-state index in [2.05, 4.69) is 4.98 Å². The molecule has 0 saturated carbocycles. The Kier molecular flexibility index (Phi) is 3.19.